The summed E-state index contributed by atoms with van der Waals surface area (Å²) in [5, 5.41) is 24.3. The normalized spacial score (nSPS) is 39.2. The van der Waals surface area contributed by atoms with Crippen molar-refractivity contribution in [3.8, 4) is 11.1 Å². The van der Waals surface area contributed by atoms with E-state index in [0.29, 0.717) is 55.7 Å². The second-order valence-corrected chi connectivity index (χ2v) is 20.1. The number of benzene rings is 2. The van der Waals surface area contributed by atoms with Crippen molar-refractivity contribution in [1.29, 1.82) is 0 Å². The Morgan fingerprint density at radius 2 is 1.56 bits per heavy atom. The molecule has 11 unspecified atom stereocenters. The Morgan fingerprint density at radius 3 is 2.28 bits per heavy atom. The van der Waals surface area contributed by atoms with Crippen LogP contribution in [-0.4, -0.2) is 71.6 Å². The van der Waals surface area contributed by atoms with Gasteiger partial charge in [-0.15, -0.1) is 0 Å². The number of carbonyl (C=O) groups excluding carboxylic acids is 2. The summed E-state index contributed by atoms with van der Waals surface area (Å²) in [6, 6.07) is 18.3. The van der Waals surface area contributed by atoms with Gasteiger partial charge in [-0.25, -0.2) is 4.79 Å². The quantitative estimate of drug-likeness (QED) is 0.134. The first-order chi connectivity index (χ1) is 27.2. The van der Waals surface area contributed by atoms with Crippen molar-refractivity contribution < 1.29 is 29.3 Å². The first-order valence-corrected chi connectivity index (χ1v) is 22.2. The SMILES string of the molecule is COCCCN(CC1(O)CCC2C34C=CC5(C=C3C(=O)c3ccc(-c6ccccc6)cc3)CC(O)CCC5(C)C4CCC21C)C(=O)OC1CC(C)CCC1C(C)C. The van der Waals surface area contributed by atoms with Crippen molar-refractivity contribution in [3.05, 3.63) is 84.0 Å². The van der Waals surface area contributed by atoms with Crippen LogP contribution in [0.25, 0.3) is 11.1 Å². The van der Waals surface area contributed by atoms with Gasteiger partial charge in [-0.05, 0) is 110 Å². The summed E-state index contributed by atoms with van der Waals surface area (Å²) in [6.45, 7) is 12.5. The minimum Gasteiger partial charge on any atom is -0.446 e. The Labute approximate surface area is 341 Å². The lowest BCUT2D eigenvalue weighted by Gasteiger charge is -2.71. The third kappa shape index (κ3) is 6.48. The highest BCUT2D eigenvalue weighted by Gasteiger charge is 2.74. The van der Waals surface area contributed by atoms with Crippen LogP contribution in [0.15, 0.2) is 78.4 Å². The second-order valence-electron chi connectivity index (χ2n) is 20.1. The summed E-state index contributed by atoms with van der Waals surface area (Å²) in [4.78, 5) is 31.3. The molecule has 7 aliphatic carbocycles. The number of rotatable bonds is 11. The van der Waals surface area contributed by atoms with Crippen LogP contribution in [0.2, 0.25) is 0 Å². The molecule has 2 spiro atoms. The van der Waals surface area contributed by atoms with Gasteiger partial charge in [0.25, 0.3) is 0 Å². The van der Waals surface area contributed by atoms with Crippen molar-refractivity contribution in [3.63, 3.8) is 0 Å². The maximum Gasteiger partial charge on any atom is 0.410 e. The van der Waals surface area contributed by atoms with Gasteiger partial charge in [-0.1, -0.05) is 114 Å². The number of carbonyl (C=O) groups is 2. The molecule has 2 N–H and O–H groups in total. The van der Waals surface area contributed by atoms with Crippen molar-refractivity contribution in [2.24, 2.45) is 51.2 Å². The molecular weight excluding hydrogens is 711 g/mol. The molecule has 57 heavy (non-hydrogen) atoms. The highest BCUT2D eigenvalue weighted by molar-refractivity contribution is 6.10. The molecule has 0 saturated heterocycles. The van der Waals surface area contributed by atoms with E-state index < -0.39 is 27.9 Å². The topological polar surface area (TPSA) is 96.3 Å². The molecule has 0 aliphatic heterocycles. The summed E-state index contributed by atoms with van der Waals surface area (Å²) < 4.78 is 11.9. The summed E-state index contributed by atoms with van der Waals surface area (Å²) in [7, 11) is 1.68. The Hall–Kier alpha value is -3.26. The fourth-order valence-corrected chi connectivity index (χ4v) is 13.6. The van der Waals surface area contributed by atoms with Crippen LogP contribution in [0.4, 0.5) is 4.79 Å². The molecule has 4 saturated carbocycles. The molecule has 0 radical (unpaired) electrons. The number of hydrogen-bond donors (Lipinski definition) is 2. The lowest BCUT2D eigenvalue weighted by molar-refractivity contribution is -0.175. The van der Waals surface area contributed by atoms with Crippen molar-refractivity contribution in [2.45, 2.75) is 123 Å². The number of aliphatic hydroxyl groups is 2. The number of nitrogens with zero attached hydrogens (tertiary/aromatic N) is 1. The Kier molecular flexibility index (Phi) is 10.7. The minimum absolute atomic E-state index is 0.00729. The van der Waals surface area contributed by atoms with E-state index in [4.69, 9.17) is 9.47 Å². The van der Waals surface area contributed by atoms with Gasteiger partial charge in [0.1, 0.15) is 6.10 Å². The molecule has 4 fully saturated rings. The van der Waals surface area contributed by atoms with Gasteiger partial charge >= 0.3 is 6.09 Å². The van der Waals surface area contributed by atoms with Gasteiger partial charge in [0, 0.05) is 47.6 Å². The molecule has 0 aromatic heterocycles. The van der Waals surface area contributed by atoms with Gasteiger partial charge in [-0.3, -0.25) is 4.79 Å². The molecule has 2 aromatic carbocycles. The maximum atomic E-state index is 15.2. The highest BCUT2D eigenvalue weighted by atomic mass is 16.6. The zero-order valence-corrected chi connectivity index (χ0v) is 35.3. The predicted octanol–water partition coefficient (Wildman–Crippen LogP) is 10.1. The summed E-state index contributed by atoms with van der Waals surface area (Å²) in [6.07, 6.45) is 15.2. The number of ether oxygens (including phenoxy) is 2. The van der Waals surface area contributed by atoms with E-state index >= 15 is 4.79 Å². The lowest BCUT2D eigenvalue weighted by atomic mass is 9.32. The maximum absolute atomic E-state index is 15.2. The molecule has 7 heteroatoms. The molecule has 11 atom stereocenters. The van der Waals surface area contributed by atoms with Crippen molar-refractivity contribution in [1.82, 2.24) is 4.90 Å². The number of amides is 1. The summed E-state index contributed by atoms with van der Waals surface area (Å²) in [5.74, 6) is 1.49. The Bertz CT molecular complexity index is 1870. The first-order valence-electron chi connectivity index (χ1n) is 22.2. The fourth-order valence-electron chi connectivity index (χ4n) is 13.6. The van der Waals surface area contributed by atoms with Crippen LogP contribution in [-0.2, 0) is 9.47 Å². The zero-order chi connectivity index (χ0) is 40.4. The monoisotopic (exact) mass is 777 g/mol. The summed E-state index contributed by atoms with van der Waals surface area (Å²) in [5.41, 5.74) is 0.871. The number of aliphatic hydroxyl groups excluding tert-OH is 1. The number of fused-ring (bicyclic) bond motifs is 1. The van der Waals surface area contributed by atoms with E-state index in [1.807, 2.05) is 30.3 Å². The number of allylic oxidation sites excluding steroid dienone is 4. The fraction of sp³-hybridized carbons (Fsp3) is 0.640. The van der Waals surface area contributed by atoms with Crippen LogP contribution in [0.1, 0.15) is 116 Å². The van der Waals surface area contributed by atoms with E-state index in [0.717, 1.165) is 68.1 Å². The number of hydrogen-bond acceptors (Lipinski definition) is 6. The number of ketones is 1. The van der Waals surface area contributed by atoms with E-state index in [-0.39, 0.29) is 41.8 Å². The van der Waals surface area contributed by atoms with Crippen LogP contribution < -0.4 is 0 Å². The van der Waals surface area contributed by atoms with Crippen LogP contribution >= 0.6 is 0 Å². The third-order valence-corrected chi connectivity index (χ3v) is 16.9. The Morgan fingerprint density at radius 1 is 0.877 bits per heavy atom. The van der Waals surface area contributed by atoms with Crippen LogP contribution in [0.3, 0.4) is 0 Å². The van der Waals surface area contributed by atoms with E-state index in [9.17, 15) is 15.0 Å². The molecular formula is C50H67NO6. The van der Waals surface area contributed by atoms with Gasteiger partial charge in [0.2, 0.25) is 0 Å². The predicted molar refractivity (Wildman–Crippen MR) is 224 cm³/mol. The van der Waals surface area contributed by atoms with Gasteiger partial charge in [0.05, 0.1) is 18.2 Å². The van der Waals surface area contributed by atoms with Gasteiger partial charge in [0.15, 0.2) is 5.78 Å². The molecule has 7 nitrogen and oxygen atoms in total. The van der Waals surface area contributed by atoms with Gasteiger partial charge < -0.3 is 24.6 Å². The molecule has 308 valence electrons. The molecule has 1 amide bonds. The average molecular weight is 778 g/mol. The zero-order valence-electron chi connectivity index (χ0n) is 35.3. The molecule has 2 aromatic rings. The average Bonchev–Trinajstić information content (AvgIpc) is 3.47. The van der Waals surface area contributed by atoms with E-state index in [2.05, 4.69) is 77.1 Å². The molecule has 2 bridgehead atoms. The largest absolute Gasteiger partial charge is 0.446 e. The molecule has 7 aliphatic rings. The van der Waals surface area contributed by atoms with E-state index in [1.165, 1.54) is 0 Å². The second kappa shape index (κ2) is 15.1. The highest BCUT2D eigenvalue weighted by Crippen LogP contribution is 2.78. The number of Topliss-reactive ketones (excluding diaryl/α,β-unsaturated/α-hetero) is 1. The third-order valence-electron chi connectivity index (χ3n) is 16.9. The Balaban J connectivity index is 1.14. The summed E-state index contributed by atoms with van der Waals surface area (Å²) >= 11 is 0. The van der Waals surface area contributed by atoms with Gasteiger partial charge in [-0.2, -0.15) is 0 Å². The first kappa shape index (κ1) is 40.5. The lowest BCUT2D eigenvalue weighted by Crippen LogP contribution is -2.67. The number of methoxy groups -OCH3 is 1. The van der Waals surface area contributed by atoms with E-state index in [1.54, 1.807) is 12.0 Å². The molecule has 9 rings (SSSR count). The standard InChI is InChI=1S/C50H67NO6/c1-33(2)39-18-13-34(3)29-41(39)57-45(54)51(27-10-28-56-6)32-49(55)24-21-43-47(49,5)23-20-42-46(4)22-19-38(52)30-48(46)25-26-50(42,43)40(31-48)44(53)37-16-14-36(15-17-37)35-11-8-7-9-12-35/h7-9,11-12,14-17,25-26,31,33-34,38-39,41-43,52,55H,10,13,18-24,27-30,32H2,1-6H3. The van der Waals surface area contributed by atoms with Crippen LogP contribution in [0.5, 0.6) is 0 Å². The van der Waals surface area contributed by atoms with Crippen LogP contribution in [0, 0.1) is 51.2 Å². The minimum atomic E-state index is -1.17. The van der Waals surface area contributed by atoms with Crippen molar-refractivity contribution in [2.75, 3.05) is 26.8 Å². The molecule has 0 heterocycles. The smallest absolute Gasteiger partial charge is 0.410 e. The van der Waals surface area contributed by atoms with Crippen molar-refractivity contribution >= 4 is 11.9 Å².